The summed E-state index contributed by atoms with van der Waals surface area (Å²) in [6.07, 6.45) is 4.88. The lowest BCUT2D eigenvalue weighted by atomic mass is 10.2. The van der Waals surface area contributed by atoms with Gasteiger partial charge in [-0.25, -0.2) is 4.98 Å². The number of aryl methyl sites for hydroxylation is 1. The fourth-order valence-corrected chi connectivity index (χ4v) is 1.66. The van der Waals surface area contributed by atoms with Gasteiger partial charge in [0, 0.05) is 38.5 Å². The van der Waals surface area contributed by atoms with Crippen molar-refractivity contribution < 1.29 is 4.74 Å². The number of imidazole rings is 1. The third kappa shape index (κ3) is 6.17. The summed E-state index contributed by atoms with van der Waals surface area (Å²) >= 11 is 0. The van der Waals surface area contributed by atoms with E-state index in [1.807, 2.05) is 12.5 Å². The minimum atomic E-state index is 0.503. The Morgan fingerprint density at radius 3 is 2.78 bits per heavy atom. The SMILES string of the molecule is CC(C)COCCCn1cncc1CNC(C)C. The lowest BCUT2D eigenvalue weighted by molar-refractivity contribution is 0.105. The summed E-state index contributed by atoms with van der Waals surface area (Å²) in [5, 5.41) is 3.41. The van der Waals surface area contributed by atoms with Gasteiger partial charge in [0.05, 0.1) is 12.0 Å². The van der Waals surface area contributed by atoms with E-state index in [1.54, 1.807) is 0 Å². The Morgan fingerprint density at radius 1 is 1.33 bits per heavy atom. The molecule has 0 saturated heterocycles. The summed E-state index contributed by atoms with van der Waals surface area (Å²) < 4.78 is 7.78. The maximum absolute atomic E-state index is 5.58. The monoisotopic (exact) mass is 253 g/mol. The number of aromatic nitrogens is 2. The lowest BCUT2D eigenvalue weighted by Gasteiger charge is -2.11. The van der Waals surface area contributed by atoms with Crippen molar-refractivity contribution in [1.29, 1.82) is 0 Å². The smallest absolute Gasteiger partial charge is 0.0948 e. The number of ether oxygens (including phenoxy) is 1. The molecule has 0 aliphatic heterocycles. The van der Waals surface area contributed by atoms with Crippen molar-refractivity contribution in [1.82, 2.24) is 14.9 Å². The molecule has 0 radical (unpaired) electrons. The zero-order chi connectivity index (χ0) is 13.4. The maximum atomic E-state index is 5.58. The Labute approximate surface area is 111 Å². The van der Waals surface area contributed by atoms with Gasteiger partial charge in [0.1, 0.15) is 0 Å². The largest absolute Gasteiger partial charge is 0.381 e. The zero-order valence-electron chi connectivity index (χ0n) is 12.1. The van der Waals surface area contributed by atoms with Crippen LogP contribution < -0.4 is 5.32 Å². The molecule has 1 N–H and O–H groups in total. The maximum Gasteiger partial charge on any atom is 0.0948 e. The second kappa shape index (κ2) is 8.27. The van der Waals surface area contributed by atoms with Crippen molar-refractivity contribution in [2.75, 3.05) is 13.2 Å². The molecular formula is C14H27N3O. The number of nitrogens with zero attached hydrogens (tertiary/aromatic N) is 2. The van der Waals surface area contributed by atoms with Crippen molar-refractivity contribution in [2.45, 2.75) is 53.2 Å². The van der Waals surface area contributed by atoms with Gasteiger partial charge >= 0.3 is 0 Å². The van der Waals surface area contributed by atoms with E-state index >= 15 is 0 Å². The first kappa shape index (κ1) is 15.2. The van der Waals surface area contributed by atoms with Gasteiger partial charge in [-0.15, -0.1) is 0 Å². The van der Waals surface area contributed by atoms with Crippen LogP contribution in [0, 0.1) is 5.92 Å². The molecule has 104 valence electrons. The Hall–Kier alpha value is -0.870. The molecule has 0 aliphatic carbocycles. The molecule has 0 amide bonds. The summed E-state index contributed by atoms with van der Waals surface area (Å²) in [6, 6.07) is 0.503. The first-order chi connectivity index (χ1) is 8.59. The normalized spacial score (nSPS) is 11.7. The van der Waals surface area contributed by atoms with Gasteiger partial charge in [0.2, 0.25) is 0 Å². The third-order valence-corrected chi connectivity index (χ3v) is 2.63. The first-order valence-electron chi connectivity index (χ1n) is 6.89. The molecule has 18 heavy (non-hydrogen) atoms. The fourth-order valence-electron chi connectivity index (χ4n) is 1.66. The topological polar surface area (TPSA) is 39.1 Å². The average Bonchev–Trinajstić information content (AvgIpc) is 2.73. The standard InChI is InChI=1S/C14H27N3O/c1-12(2)10-18-7-5-6-17-11-15-8-14(17)9-16-13(3)4/h8,11-13,16H,5-7,9-10H2,1-4H3. The first-order valence-corrected chi connectivity index (χ1v) is 6.89. The van der Waals surface area contributed by atoms with Crippen molar-refractivity contribution in [2.24, 2.45) is 5.92 Å². The van der Waals surface area contributed by atoms with Crippen LogP contribution in [0.3, 0.4) is 0 Å². The van der Waals surface area contributed by atoms with E-state index in [1.165, 1.54) is 5.69 Å². The van der Waals surface area contributed by atoms with Crippen LogP contribution in [-0.4, -0.2) is 28.8 Å². The molecular weight excluding hydrogens is 226 g/mol. The molecule has 4 heteroatoms. The second-order valence-corrected chi connectivity index (χ2v) is 5.44. The van der Waals surface area contributed by atoms with Gasteiger partial charge < -0.3 is 14.6 Å². The molecule has 0 fully saturated rings. The van der Waals surface area contributed by atoms with Crippen molar-refractivity contribution in [3.8, 4) is 0 Å². The predicted octanol–water partition coefficient (Wildman–Crippen LogP) is 2.44. The summed E-state index contributed by atoms with van der Waals surface area (Å²) in [5.41, 5.74) is 1.24. The van der Waals surface area contributed by atoms with E-state index in [9.17, 15) is 0 Å². The zero-order valence-corrected chi connectivity index (χ0v) is 12.1. The van der Waals surface area contributed by atoms with Gasteiger partial charge in [0.15, 0.2) is 0 Å². The molecule has 0 aliphatic rings. The fraction of sp³-hybridized carbons (Fsp3) is 0.786. The van der Waals surface area contributed by atoms with Crippen molar-refractivity contribution >= 4 is 0 Å². The molecule has 1 aromatic rings. The van der Waals surface area contributed by atoms with Crippen LogP contribution >= 0.6 is 0 Å². The molecule has 4 nitrogen and oxygen atoms in total. The van der Waals surface area contributed by atoms with E-state index in [0.29, 0.717) is 12.0 Å². The van der Waals surface area contributed by atoms with Gasteiger partial charge in [0.25, 0.3) is 0 Å². The van der Waals surface area contributed by atoms with Crippen LogP contribution in [0.15, 0.2) is 12.5 Å². The number of hydrogen-bond acceptors (Lipinski definition) is 3. The summed E-state index contributed by atoms with van der Waals surface area (Å²) in [7, 11) is 0. The highest BCUT2D eigenvalue weighted by Gasteiger charge is 2.02. The highest BCUT2D eigenvalue weighted by molar-refractivity contribution is 4.98. The number of hydrogen-bond donors (Lipinski definition) is 1. The molecule has 1 rings (SSSR count). The Morgan fingerprint density at radius 2 is 2.11 bits per heavy atom. The summed E-state index contributed by atoms with van der Waals surface area (Å²) in [6.45, 7) is 12.2. The van der Waals surface area contributed by atoms with Crippen LogP contribution in [0.1, 0.15) is 39.8 Å². The predicted molar refractivity (Wildman–Crippen MR) is 74.5 cm³/mol. The molecule has 0 aromatic carbocycles. The highest BCUT2D eigenvalue weighted by Crippen LogP contribution is 2.02. The number of nitrogens with one attached hydrogen (secondary N) is 1. The average molecular weight is 253 g/mol. The van der Waals surface area contributed by atoms with Crippen LogP contribution in [0.4, 0.5) is 0 Å². The molecule has 0 saturated carbocycles. The summed E-state index contributed by atoms with van der Waals surface area (Å²) in [5.74, 6) is 0.615. The number of rotatable bonds is 9. The summed E-state index contributed by atoms with van der Waals surface area (Å²) in [4.78, 5) is 4.21. The second-order valence-electron chi connectivity index (χ2n) is 5.44. The molecule has 0 atom stereocenters. The Balaban J connectivity index is 2.23. The van der Waals surface area contributed by atoms with E-state index in [-0.39, 0.29) is 0 Å². The van der Waals surface area contributed by atoms with Crippen LogP contribution in [-0.2, 0) is 17.8 Å². The van der Waals surface area contributed by atoms with Gasteiger partial charge in [-0.2, -0.15) is 0 Å². The van der Waals surface area contributed by atoms with E-state index in [0.717, 1.165) is 32.7 Å². The van der Waals surface area contributed by atoms with E-state index in [4.69, 9.17) is 4.74 Å². The minimum Gasteiger partial charge on any atom is -0.381 e. The third-order valence-electron chi connectivity index (χ3n) is 2.63. The van der Waals surface area contributed by atoms with Gasteiger partial charge in [-0.3, -0.25) is 0 Å². The van der Waals surface area contributed by atoms with Crippen LogP contribution in [0.25, 0.3) is 0 Å². The molecule has 0 spiro atoms. The molecule has 1 heterocycles. The van der Waals surface area contributed by atoms with Crippen molar-refractivity contribution in [3.63, 3.8) is 0 Å². The van der Waals surface area contributed by atoms with Crippen LogP contribution in [0.5, 0.6) is 0 Å². The quantitative estimate of drug-likeness (QED) is 0.687. The van der Waals surface area contributed by atoms with Gasteiger partial charge in [-0.1, -0.05) is 27.7 Å². The van der Waals surface area contributed by atoms with Crippen molar-refractivity contribution in [3.05, 3.63) is 18.2 Å². The lowest BCUT2D eigenvalue weighted by Crippen LogP contribution is -2.23. The highest BCUT2D eigenvalue weighted by atomic mass is 16.5. The molecule has 0 unspecified atom stereocenters. The van der Waals surface area contributed by atoms with Gasteiger partial charge in [-0.05, 0) is 12.3 Å². The Kier molecular flexibility index (Phi) is 6.98. The molecule has 0 bridgehead atoms. The minimum absolute atomic E-state index is 0.503. The van der Waals surface area contributed by atoms with E-state index in [2.05, 4.69) is 42.6 Å². The van der Waals surface area contributed by atoms with E-state index < -0.39 is 0 Å². The van der Waals surface area contributed by atoms with Crippen LogP contribution in [0.2, 0.25) is 0 Å². The Bertz CT molecular complexity index is 321. The molecule has 1 aromatic heterocycles.